The molecule has 1 unspecified atom stereocenters. The zero-order chi connectivity index (χ0) is 13.3. The fraction of sp³-hybridized carbons (Fsp3) is 0.571. The first-order valence-corrected chi connectivity index (χ1v) is 6.56. The molecule has 0 amide bonds. The number of anilines is 1. The number of fused-ring (bicyclic) bond motifs is 1. The quantitative estimate of drug-likeness (QED) is 0.606. The first-order chi connectivity index (χ1) is 8.52. The molecule has 0 N–H and O–H groups in total. The second-order valence-electron chi connectivity index (χ2n) is 5.38. The van der Waals surface area contributed by atoms with Crippen LogP contribution in [0.1, 0.15) is 32.8 Å². The maximum Gasteiger partial charge on any atom is 0.269 e. The number of hydrogen-bond acceptors (Lipinski definition) is 3. The van der Waals surface area contributed by atoms with E-state index in [1.807, 2.05) is 6.07 Å². The van der Waals surface area contributed by atoms with Crippen LogP contribution in [-0.4, -0.2) is 17.5 Å². The number of nitro benzene ring substituents is 1. The van der Waals surface area contributed by atoms with E-state index in [1.165, 1.54) is 5.69 Å². The minimum absolute atomic E-state index is 0.204. The molecule has 0 radical (unpaired) electrons. The van der Waals surface area contributed by atoms with Gasteiger partial charge in [-0.3, -0.25) is 10.1 Å². The maximum absolute atomic E-state index is 10.8. The van der Waals surface area contributed by atoms with Crippen LogP contribution in [-0.2, 0) is 6.42 Å². The molecule has 1 aliphatic heterocycles. The predicted molar refractivity (Wildman–Crippen MR) is 73.1 cm³/mol. The molecule has 1 aromatic rings. The number of nitro groups is 1. The Morgan fingerprint density at radius 3 is 2.78 bits per heavy atom. The zero-order valence-corrected chi connectivity index (χ0v) is 11.2. The molecule has 4 heteroatoms. The van der Waals surface area contributed by atoms with E-state index in [0.717, 1.165) is 24.9 Å². The highest BCUT2D eigenvalue weighted by Gasteiger charge is 2.29. The van der Waals surface area contributed by atoms with Crippen molar-refractivity contribution in [3.63, 3.8) is 0 Å². The van der Waals surface area contributed by atoms with E-state index in [1.54, 1.807) is 12.1 Å². The molecule has 1 aromatic carbocycles. The summed E-state index contributed by atoms with van der Waals surface area (Å²) >= 11 is 0. The molecule has 1 atom stereocenters. The van der Waals surface area contributed by atoms with Gasteiger partial charge in [0.05, 0.1) is 4.92 Å². The van der Waals surface area contributed by atoms with Gasteiger partial charge in [-0.15, -0.1) is 0 Å². The summed E-state index contributed by atoms with van der Waals surface area (Å²) in [7, 11) is 0. The Bertz CT molecular complexity index is 457. The van der Waals surface area contributed by atoms with Gasteiger partial charge in [-0.1, -0.05) is 20.8 Å². The van der Waals surface area contributed by atoms with Crippen LogP contribution in [0, 0.1) is 16.0 Å². The van der Waals surface area contributed by atoms with Crippen LogP contribution in [0.15, 0.2) is 18.2 Å². The van der Waals surface area contributed by atoms with Crippen LogP contribution in [0.3, 0.4) is 0 Å². The lowest BCUT2D eigenvalue weighted by Gasteiger charge is -2.28. The average Bonchev–Trinajstić information content (AvgIpc) is 2.65. The van der Waals surface area contributed by atoms with Crippen molar-refractivity contribution in [2.75, 3.05) is 11.4 Å². The molecule has 2 rings (SSSR count). The molecule has 0 spiro atoms. The first-order valence-electron chi connectivity index (χ1n) is 6.56. The topological polar surface area (TPSA) is 46.4 Å². The molecule has 18 heavy (non-hydrogen) atoms. The monoisotopic (exact) mass is 248 g/mol. The Hall–Kier alpha value is -1.58. The van der Waals surface area contributed by atoms with Crippen molar-refractivity contribution < 1.29 is 4.92 Å². The summed E-state index contributed by atoms with van der Waals surface area (Å²) in [6.45, 7) is 7.60. The third-order valence-corrected chi connectivity index (χ3v) is 3.51. The number of benzene rings is 1. The van der Waals surface area contributed by atoms with E-state index in [0.29, 0.717) is 12.0 Å². The minimum Gasteiger partial charge on any atom is -0.368 e. The third kappa shape index (κ3) is 2.33. The van der Waals surface area contributed by atoms with Crippen molar-refractivity contribution in [3.05, 3.63) is 33.9 Å². The first kappa shape index (κ1) is 12.9. The van der Waals surface area contributed by atoms with Crippen molar-refractivity contribution >= 4 is 11.4 Å². The predicted octanol–water partition coefficient (Wildman–Crippen LogP) is 3.39. The van der Waals surface area contributed by atoms with Gasteiger partial charge in [0.25, 0.3) is 5.69 Å². The van der Waals surface area contributed by atoms with E-state index < -0.39 is 0 Å². The van der Waals surface area contributed by atoms with Crippen LogP contribution in [0.2, 0.25) is 0 Å². The standard InChI is InChI=1S/C14H20N2O2/c1-4-12-7-11-8-13(16(17)18)5-6-14(11)15(12)9-10(2)3/h5-6,8,10,12H,4,7,9H2,1-3H3. The van der Waals surface area contributed by atoms with Gasteiger partial charge in [0.1, 0.15) is 0 Å². The minimum atomic E-state index is -0.313. The number of hydrogen-bond donors (Lipinski definition) is 0. The summed E-state index contributed by atoms with van der Waals surface area (Å²) in [5, 5.41) is 10.8. The molecular weight excluding hydrogens is 228 g/mol. The highest BCUT2D eigenvalue weighted by atomic mass is 16.6. The maximum atomic E-state index is 10.8. The van der Waals surface area contributed by atoms with Crippen molar-refractivity contribution in [1.29, 1.82) is 0 Å². The van der Waals surface area contributed by atoms with Crippen LogP contribution < -0.4 is 4.90 Å². The summed E-state index contributed by atoms with van der Waals surface area (Å²) < 4.78 is 0. The van der Waals surface area contributed by atoms with Crippen molar-refractivity contribution in [3.8, 4) is 0 Å². The fourth-order valence-electron chi connectivity index (χ4n) is 2.70. The van der Waals surface area contributed by atoms with Gasteiger partial charge in [-0.25, -0.2) is 0 Å². The highest BCUT2D eigenvalue weighted by molar-refractivity contribution is 5.62. The van der Waals surface area contributed by atoms with Crippen LogP contribution >= 0.6 is 0 Å². The molecular formula is C14H20N2O2. The van der Waals surface area contributed by atoms with Gasteiger partial charge >= 0.3 is 0 Å². The lowest BCUT2D eigenvalue weighted by molar-refractivity contribution is -0.384. The summed E-state index contributed by atoms with van der Waals surface area (Å²) in [6.07, 6.45) is 2.01. The van der Waals surface area contributed by atoms with E-state index in [-0.39, 0.29) is 10.6 Å². The number of rotatable bonds is 4. The molecule has 0 fully saturated rings. The van der Waals surface area contributed by atoms with Crippen LogP contribution in [0.25, 0.3) is 0 Å². The molecule has 0 aromatic heterocycles. The second kappa shape index (κ2) is 4.96. The molecule has 1 heterocycles. The van der Waals surface area contributed by atoms with E-state index in [2.05, 4.69) is 25.7 Å². The van der Waals surface area contributed by atoms with E-state index in [9.17, 15) is 10.1 Å². The van der Waals surface area contributed by atoms with Crippen molar-refractivity contribution in [2.24, 2.45) is 5.92 Å². The van der Waals surface area contributed by atoms with Crippen LogP contribution in [0.4, 0.5) is 11.4 Å². The molecule has 0 bridgehead atoms. The summed E-state index contributed by atoms with van der Waals surface area (Å²) in [6, 6.07) is 5.75. The van der Waals surface area contributed by atoms with Crippen molar-refractivity contribution in [2.45, 2.75) is 39.7 Å². The molecule has 98 valence electrons. The highest BCUT2D eigenvalue weighted by Crippen LogP contribution is 2.36. The van der Waals surface area contributed by atoms with Gasteiger partial charge in [-0.05, 0) is 30.4 Å². The van der Waals surface area contributed by atoms with Gasteiger partial charge in [0.2, 0.25) is 0 Å². The molecule has 0 aliphatic carbocycles. The lowest BCUT2D eigenvalue weighted by Crippen LogP contribution is -2.34. The van der Waals surface area contributed by atoms with E-state index >= 15 is 0 Å². The number of nitrogens with zero attached hydrogens (tertiary/aromatic N) is 2. The Labute approximate surface area is 108 Å². The Kier molecular flexibility index (Phi) is 3.55. The van der Waals surface area contributed by atoms with Gasteiger partial charge in [-0.2, -0.15) is 0 Å². The largest absolute Gasteiger partial charge is 0.368 e. The SMILES string of the molecule is CCC1Cc2cc([N+](=O)[O-])ccc2N1CC(C)C. The fourth-order valence-corrected chi connectivity index (χ4v) is 2.70. The zero-order valence-electron chi connectivity index (χ0n) is 11.2. The van der Waals surface area contributed by atoms with Crippen molar-refractivity contribution in [1.82, 2.24) is 0 Å². The molecule has 0 saturated heterocycles. The molecule has 1 aliphatic rings. The second-order valence-corrected chi connectivity index (χ2v) is 5.38. The van der Waals surface area contributed by atoms with E-state index in [4.69, 9.17) is 0 Å². The Morgan fingerprint density at radius 1 is 1.50 bits per heavy atom. The molecule has 4 nitrogen and oxygen atoms in total. The summed E-state index contributed by atoms with van der Waals surface area (Å²) in [5.74, 6) is 0.597. The van der Waals surface area contributed by atoms with Crippen LogP contribution in [0.5, 0.6) is 0 Å². The normalized spacial score (nSPS) is 18.2. The summed E-state index contributed by atoms with van der Waals surface area (Å²) in [5.41, 5.74) is 2.51. The third-order valence-electron chi connectivity index (χ3n) is 3.51. The molecule has 0 saturated carbocycles. The van der Waals surface area contributed by atoms with Gasteiger partial charge in [0, 0.05) is 30.4 Å². The smallest absolute Gasteiger partial charge is 0.269 e. The van der Waals surface area contributed by atoms with Gasteiger partial charge < -0.3 is 4.90 Å². The van der Waals surface area contributed by atoms with Gasteiger partial charge in [0.15, 0.2) is 0 Å². The Balaban J connectivity index is 2.33. The Morgan fingerprint density at radius 2 is 2.22 bits per heavy atom. The number of non-ortho nitro benzene ring substituents is 1. The lowest BCUT2D eigenvalue weighted by atomic mass is 10.1. The average molecular weight is 248 g/mol. The summed E-state index contributed by atoms with van der Waals surface area (Å²) in [4.78, 5) is 12.9.